The standard InChI is InChI=1S/C15H18O3/c1-10-3-2-6-15(8-10)9-13(17)12-5-4-11(16)7-14(12)18-15/h4-5,7,10,16H,2-3,6,8-9H2,1H3/t10?,15-/m1/s1. The molecule has 1 aromatic rings. The van der Waals surface area contributed by atoms with Gasteiger partial charge in [0.25, 0.3) is 0 Å². The summed E-state index contributed by atoms with van der Waals surface area (Å²) in [5.41, 5.74) is 0.284. The van der Waals surface area contributed by atoms with Gasteiger partial charge < -0.3 is 9.84 Å². The summed E-state index contributed by atoms with van der Waals surface area (Å²) in [6, 6.07) is 4.76. The van der Waals surface area contributed by atoms with Gasteiger partial charge in [-0.3, -0.25) is 4.79 Å². The molecule has 1 spiro atoms. The molecule has 3 heteroatoms. The Kier molecular flexibility index (Phi) is 2.58. The number of hydrogen-bond acceptors (Lipinski definition) is 3. The van der Waals surface area contributed by atoms with Gasteiger partial charge in [-0.25, -0.2) is 0 Å². The summed E-state index contributed by atoms with van der Waals surface area (Å²) in [5.74, 6) is 1.46. The van der Waals surface area contributed by atoms with Crippen molar-refractivity contribution < 1.29 is 14.6 Å². The smallest absolute Gasteiger partial charge is 0.170 e. The van der Waals surface area contributed by atoms with E-state index in [4.69, 9.17) is 4.74 Å². The Balaban J connectivity index is 1.97. The highest BCUT2D eigenvalue weighted by Crippen LogP contribution is 2.44. The Hall–Kier alpha value is -1.51. The van der Waals surface area contributed by atoms with Crippen LogP contribution >= 0.6 is 0 Å². The van der Waals surface area contributed by atoms with E-state index in [0.29, 0.717) is 23.7 Å². The van der Waals surface area contributed by atoms with E-state index in [1.54, 1.807) is 18.2 Å². The molecule has 0 amide bonds. The number of carbonyl (C=O) groups excluding carboxylic acids is 1. The van der Waals surface area contributed by atoms with E-state index in [1.807, 2.05) is 0 Å². The molecule has 0 saturated heterocycles. The molecule has 0 bridgehead atoms. The molecular formula is C15H18O3. The average molecular weight is 246 g/mol. The number of phenols is 1. The van der Waals surface area contributed by atoms with Crippen LogP contribution in [0.5, 0.6) is 11.5 Å². The first-order chi connectivity index (χ1) is 8.58. The lowest BCUT2D eigenvalue weighted by atomic mass is 9.74. The molecular weight excluding hydrogens is 228 g/mol. The molecule has 18 heavy (non-hydrogen) atoms. The lowest BCUT2D eigenvalue weighted by Crippen LogP contribution is -2.45. The minimum atomic E-state index is -0.324. The van der Waals surface area contributed by atoms with E-state index in [0.717, 1.165) is 19.3 Å². The van der Waals surface area contributed by atoms with Gasteiger partial charge in [0.2, 0.25) is 0 Å². The van der Waals surface area contributed by atoms with Crippen LogP contribution < -0.4 is 4.74 Å². The lowest BCUT2D eigenvalue weighted by molar-refractivity contribution is -0.000930. The molecule has 1 saturated carbocycles. The van der Waals surface area contributed by atoms with Gasteiger partial charge in [-0.1, -0.05) is 13.3 Å². The van der Waals surface area contributed by atoms with Gasteiger partial charge in [0.15, 0.2) is 5.78 Å². The van der Waals surface area contributed by atoms with Crippen molar-refractivity contribution in [2.24, 2.45) is 5.92 Å². The fourth-order valence-corrected chi connectivity index (χ4v) is 3.35. The van der Waals surface area contributed by atoms with Gasteiger partial charge in [0.05, 0.1) is 12.0 Å². The Morgan fingerprint density at radius 1 is 1.44 bits per heavy atom. The van der Waals surface area contributed by atoms with Gasteiger partial charge in [0, 0.05) is 6.07 Å². The summed E-state index contributed by atoms with van der Waals surface area (Å²) < 4.78 is 6.10. The highest BCUT2D eigenvalue weighted by Gasteiger charge is 2.43. The van der Waals surface area contributed by atoms with E-state index in [2.05, 4.69) is 6.92 Å². The zero-order valence-electron chi connectivity index (χ0n) is 10.6. The molecule has 3 rings (SSSR count). The van der Waals surface area contributed by atoms with Gasteiger partial charge >= 0.3 is 0 Å². The van der Waals surface area contributed by atoms with Crippen molar-refractivity contribution in [3.8, 4) is 11.5 Å². The van der Waals surface area contributed by atoms with E-state index < -0.39 is 0 Å². The molecule has 1 aliphatic heterocycles. The Morgan fingerprint density at radius 2 is 2.28 bits per heavy atom. The topological polar surface area (TPSA) is 46.5 Å². The highest BCUT2D eigenvalue weighted by molar-refractivity contribution is 6.00. The third-order valence-corrected chi connectivity index (χ3v) is 4.12. The zero-order chi connectivity index (χ0) is 12.8. The maximum absolute atomic E-state index is 12.2. The summed E-state index contributed by atoms with van der Waals surface area (Å²) in [7, 11) is 0. The van der Waals surface area contributed by atoms with Crippen LogP contribution in [0.4, 0.5) is 0 Å². The number of rotatable bonds is 0. The van der Waals surface area contributed by atoms with Gasteiger partial charge in [0.1, 0.15) is 17.1 Å². The molecule has 2 atom stereocenters. The first kappa shape index (κ1) is 11.6. The number of Topliss-reactive ketones (excluding diaryl/α,β-unsaturated/α-hetero) is 1. The number of fused-ring (bicyclic) bond motifs is 1. The number of ether oxygens (including phenoxy) is 1. The van der Waals surface area contributed by atoms with Crippen LogP contribution in [0.2, 0.25) is 0 Å². The van der Waals surface area contributed by atoms with E-state index >= 15 is 0 Å². The Labute approximate surface area is 107 Å². The minimum Gasteiger partial charge on any atom is -0.508 e. The second-order valence-electron chi connectivity index (χ2n) is 5.77. The highest BCUT2D eigenvalue weighted by atomic mass is 16.5. The predicted molar refractivity (Wildman–Crippen MR) is 68.0 cm³/mol. The van der Waals surface area contributed by atoms with Crippen LogP contribution in [0.15, 0.2) is 18.2 Å². The first-order valence-corrected chi connectivity index (χ1v) is 6.63. The van der Waals surface area contributed by atoms with Crippen LogP contribution in [-0.4, -0.2) is 16.5 Å². The molecule has 1 aromatic carbocycles. The second kappa shape index (κ2) is 4.01. The van der Waals surface area contributed by atoms with Crippen molar-refractivity contribution in [3.63, 3.8) is 0 Å². The van der Waals surface area contributed by atoms with Crippen molar-refractivity contribution in [3.05, 3.63) is 23.8 Å². The van der Waals surface area contributed by atoms with Gasteiger partial charge in [-0.05, 0) is 37.3 Å². The molecule has 1 N–H and O–H groups in total. The van der Waals surface area contributed by atoms with Crippen molar-refractivity contribution in [2.75, 3.05) is 0 Å². The lowest BCUT2D eigenvalue weighted by Gasteiger charge is -2.42. The largest absolute Gasteiger partial charge is 0.508 e. The fourth-order valence-electron chi connectivity index (χ4n) is 3.35. The molecule has 0 radical (unpaired) electrons. The molecule has 96 valence electrons. The molecule has 3 nitrogen and oxygen atoms in total. The van der Waals surface area contributed by atoms with Crippen LogP contribution in [0.3, 0.4) is 0 Å². The molecule has 1 unspecified atom stereocenters. The van der Waals surface area contributed by atoms with Gasteiger partial charge in [-0.15, -0.1) is 0 Å². The van der Waals surface area contributed by atoms with Crippen LogP contribution in [0, 0.1) is 5.92 Å². The van der Waals surface area contributed by atoms with Gasteiger partial charge in [-0.2, -0.15) is 0 Å². The summed E-state index contributed by atoms with van der Waals surface area (Å²) in [6.45, 7) is 2.22. The Morgan fingerprint density at radius 3 is 3.06 bits per heavy atom. The molecule has 1 heterocycles. The van der Waals surface area contributed by atoms with Crippen LogP contribution in [0.1, 0.15) is 49.4 Å². The third kappa shape index (κ3) is 1.88. The van der Waals surface area contributed by atoms with Crippen molar-refractivity contribution in [2.45, 2.75) is 44.6 Å². The fraction of sp³-hybridized carbons (Fsp3) is 0.533. The number of ketones is 1. The van der Waals surface area contributed by atoms with Crippen molar-refractivity contribution in [1.82, 2.24) is 0 Å². The van der Waals surface area contributed by atoms with Crippen LogP contribution in [-0.2, 0) is 0 Å². The third-order valence-electron chi connectivity index (χ3n) is 4.12. The SMILES string of the molecule is CC1CCC[C@]2(CC(=O)c3ccc(O)cc3O2)C1. The zero-order valence-corrected chi connectivity index (χ0v) is 10.6. The van der Waals surface area contributed by atoms with E-state index in [-0.39, 0.29) is 17.1 Å². The maximum Gasteiger partial charge on any atom is 0.170 e. The molecule has 1 aliphatic carbocycles. The number of phenolic OH excluding ortho intramolecular Hbond substituents is 1. The Bertz CT molecular complexity index is 495. The predicted octanol–water partition coefficient (Wildman–Crippen LogP) is 3.31. The van der Waals surface area contributed by atoms with E-state index in [9.17, 15) is 9.90 Å². The van der Waals surface area contributed by atoms with Crippen LogP contribution in [0.25, 0.3) is 0 Å². The quantitative estimate of drug-likeness (QED) is 0.764. The number of carbonyl (C=O) groups is 1. The number of hydrogen-bond donors (Lipinski definition) is 1. The normalized spacial score (nSPS) is 30.9. The number of aromatic hydroxyl groups is 1. The molecule has 2 aliphatic rings. The summed E-state index contributed by atoms with van der Waals surface area (Å²) in [5, 5.41) is 9.52. The second-order valence-corrected chi connectivity index (χ2v) is 5.77. The van der Waals surface area contributed by atoms with Crippen molar-refractivity contribution in [1.29, 1.82) is 0 Å². The molecule has 1 fully saturated rings. The summed E-state index contributed by atoms with van der Waals surface area (Å²) in [6.07, 6.45) is 4.69. The minimum absolute atomic E-state index is 0.144. The summed E-state index contributed by atoms with van der Waals surface area (Å²) >= 11 is 0. The average Bonchev–Trinajstić information content (AvgIpc) is 2.27. The summed E-state index contributed by atoms with van der Waals surface area (Å²) in [4.78, 5) is 12.2. The molecule has 0 aromatic heterocycles. The number of benzene rings is 1. The first-order valence-electron chi connectivity index (χ1n) is 6.63. The monoisotopic (exact) mass is 246 g/mol. The van der Waals surface area contributed by atoms with E-state index in [1.165, 1.54) is 6.42 Å². The maximum atomic E-state index is 12.2. The van der Waals surface area contributed by atoms with Crippen molar-refractivity contribution >= 4 is 5.78 Å².